The van der Waals surface area contributed by atoms with Crippen LogP contribution in [0.2, 0.25) is 0 Å². The van der Waals surface area contributed by atoms with E-state index in [4.69, 9.17) is 9.47 Å². The van der Waals surface area contributed by atoms with Gasteiger partial charge in [0.15, 0.2) is 5.96 Å². The fraction of sp³-hybridized carbons (Fsp3) is 0.733. The van der Waals surface area contributed by atoms with Crippen LogP contribution >= 0.6 is 23.1 Å². The van der Waals surface area contributed by atoms with Crippen molar-refractivity contribution in [1.82, 2.24) is 15.6 Å². The summed E-state index contributed by atoms with van der Waals surface area (Å²) in [6.07, 6.45) is 4.15. The lowest BCUT2D eigenvalue weighted by Crippen LogP contribution is -2.44. The molecule has 0 bridgehead atoms. The lowest BCUT2D eigenvalue weighted by molar-refractivity contribution is 0.0347. The molecule has 0 aromatic carbocycles. The summed E-state index contributed by atoms with van der Waals surface area (Å²) in [5.74, 6) is 1.88. The first-order valence-corrected chi connectivity index (χ1v) is 9.83. The van der Waals surface area contributed by atoms with Gasteiger partial charge in [-0.05, 0) is 19.8 Å². The van der Waals surface area contributed by atoms with Crippen molar-refractivity contribution in [3.63, 3.8) is 0 Å². The minimum Gasteiger partial charge on any atom is -0.379 e. The van der Waals surface area contributed by atoms with Gasteiger partial charge in [-0.25, -0.2) is 4.98 Å². The SMILES string of the molecule is CN=C(NCCCSc1nccs1)NC(C)COC1CCOC1. The molecule has 8 heteroatoms. The van der Waals surface area contributed by atoms with Gasteiger partial charge in [0.05, 0.1) is 19.3 Å². The van der Waals surface area contributed by atoms with Crippen molar-refractivity contribution in [2.24, 2.45) is 4.99 Å². The van der Waals surface area contributed by atoms with E-state index in [1.807, 2.05) is 11.6 Å². The first-order chi connectivity index (χ1) is 11.3. The quantitative estimate of drug-likeness (QED) is 0.305. The van der Waals surface area contributed by atoms with Crippen LogP contribution in [0, 0.1) is 0 Å². The molecule has 2 atom stereocenters. The molecule has 1 fully saturated rings. The lowest BCUT2D eigenvalue weighted by Gasteiger charge is -2.19. The van der Waals surface area contributed by atoms with Gasteiger partial charge in [-0.2, -0.15) is 0 Å². The molecule has 0 radical (unpaired) electrons. The normalized spacial score (nSPS) is 19.7. The van der Waals surface area contributed by atoms with Crippen molar-refractivity contribution >= 4 is 29.1 Å². The Morgan fingerprint density at radius 1 is 1.65 bits per heavy atom. The molecule has 2 heterocycles. The Hall–Kier alpha value is -0.830. The molecule has 2 rings (SSSR count). The molecule has 0 aliphatic carbocycles. The van der Waals surface area contributed by atoms with E-state index in [9.17, 15) is 0 Å². The minimum atomic E-state index is 0.214. The molecule has 1 aromatic heterocycles. The summed E-state index contributed by atoms with van der Waals surface area (Å²) in [6.45, 7) is 5.18. The number of ether oxygens (including phenoxy) is 2. The van der Waals surface area contributed by atoms with Crippen molar-refractivity contribution in [2.45, 2.75) is 36.3 Å². The Labute approximate surface area is 146 Å². The van der Waals surface area contributed by atoms with Crippen molar-refractivity contribution in [3.8, 4) is 0 Å². The van der Waals surface area contributed by atoms with Gasteiger partial charge in [0.25, 0.3) is 0 Å². The molecule has 2 unspecified atom stereocenters. The maximum atomic E-state index is 5.82. The van der Waals surface area contributed by atoms with E-state index in [-0.39, 0.29) is 12.1 Å². The Kier molecular flexibility index (Phi) is 8.73. The van der Waals surface area contributed by atoms with E-state index >= 15 is 0 Å². The lowest BCUT2D eigenvalue weighted by atomic mass is 10.3. The predicted octanol–water partition coefficient (Wildman–Crippen LogP) is 1.98. The molecule has 6 nitrogen and oxygen atoms in total. The Balaban J connectivity index is 1.53. The van der Waals surface area contributed by atoms with Crippen LogP contribution in [0.3, 0.4) is 0 Å². The standard InChI is InChI=1S/C15H26N4O2S2/c1-12(10-21-13-4-7-20-11-13)19-14(16-2)17-5-3-8-22-15-18-6-9-23-15/h6,9,12-13H,3-5,7-8,10-11H2,1-2H3,(H2,16,17,19). The topological polar surface area (TPSA) is 67.8 Å². The molecule has 1 aliphatic rings. The van der Waals surface area contributed by atoms with Crippen LogP contribution in [0.4, 0.5) is 0 Å². The van der Waals surface area contributed by atoms with Crippen molar-refractivity contribution in [3.05, 3.63) is 11.6 Å². The highest BCUT2D eigenvalue weighted by atomic mass is 32.2. The van der Waals surface area contributed by atoms with Gasteiger partial charge in [0.2, 0.25) is 0 Å². The zero-order chi connectivity index (χ0) is 16.3. The van der Waals surface area contributed by atoms with Crippen molar-refractivity contribution in [2.75, 3.05) is 39.2 Å². The smallest absolute Gasteiger partial charge is 0.191 e. The number of nitrogens with one attached hydrogen (secondary N) is 2. The van der Waals surface area contributed by atoms with Crippen LogP contribution in [0.1, 0.15) is 19.8 Å². The second-order valence-corrected chi connectivity index (χ2v) is 7.60. The highest BCUT2D eigenvalue weighted by molar-refractivity contribution is 8.00. The average Bonchev–Trinajstić information content (AvgIpc) is 3.25. The van der Waals surface area contributed by atoms with Crippen LogP contribution in [0.15, 0.2) is 20.9 Å². The van der Waals surface area contributed by atoms with E-state index in [0.717, 1.165) is 48.7 Å². The number of thioether (sulfide) groups is 1. The summed E-state index contributed by atoms with van der Waals surface area (Å²) in [4.78, 5) is 8.51. The molecule has 0 saturated carbocycles. The van der Waals surface area contributed by atoms with Crippen LogP contribution in [0.25, 0.3) is 0 Å². The van der Waals surface area contributed by atoms with Gasteiger partial charge in [-0.1, -0.05) is 11.8 Å². The summed E-state index contributed by atoms with van der Waals surface area (Å²) in [5, 5.41) is 8.70. The van der Waals surface area contributed by atoms with E-state index in [1.165, 1.54) is 0 Å². The molecule has 1 aromatic rings. The third-order valence-corrected chi connectivity index (χ3v) is 5.38. The molecule has 1 aliphatic heterocycles. The number of aromatic nitrogens is 1. The summed E-state index contributed by atoms with van der Waals surface area (Å²) in [7, 11) is 1.79. The van der Waals surface area contributed by atoms with Crippen LogP contribution in [0.5, 0.6) is 0 Å². The maximum Gasteiger partial charge on any atom is 0.191 e. The van der Waals surface area contributed by atoms with Crippen LogP contribution < -0.4 is 10.6 Å². The molecule has 2 N–H and O–H groups in total. The summed E-state index contributed by atoms with van der Waals surface area (Å²) in [5.41, 5.74) is 0. The highest BCUT2D eigenvalue weighted by Gasteiger charge is 2.17. The predicted molar refractivity (Wildman–Crippen MR) is 96.6 cm³/mol. The maximum absolute atomic E-state index is 5.82. The third-order valence-electron chi connectivity index (χ3n) is 3.33. The minimum absolute atomic E-state index is 0.214. The number of aliphatic imine (C=N–C) groups is 1. The van der Waals surface area contributed by atoms with Crippen LogP contribution in [-0.2, 0) is 9.47 Å². The van der Waals surface area contributed by atoms with E-state index in [2.05, 4.69) is 27.5 Å². The number of nitrogens with zero attached hydrogens (tertiary/aromatic N) is 2. The summed E-state index contributed by atoms with van der Waals surface area (Å²) >= 11 is 3.49. The zero-order valence-electron chi connectivity index (χ0n) is 13.8. The van der Waals surface area contributed by atoms with E-state index < -0.39 is 0 Å². The van der Waals surface area contributed by atoms with Gasteiger partial charge in [0.1, 0.15) is 4.34 Å². The van der Waals surface area contributed by atoms with Gasteiger partial charge >= 0.3 is 0 Å². The Morgan fingerprint density at radius 2 is 2.57 bits per heavy atom. The molecular weight excluding hydrogens is 332 g/mol. The summed E-state index contributed by atoms with van der Waals surface area (Å²) < 4.78 is 12.3. The Morgan fingerprint density at radius 3 is 3.26 bits per heavy atom. The largest absolute Gasteiger partial charge is 0.379 e. The first-order valence-electron chi connectivity index (χ1n) is 7.96. The van der Waals surface area contributed by atoms with Gasteiger partial charge in [-0.3, -0.25) is 4.99 Å². The summed E-state index contributed by atoms with van der Waals surface area (Å²) in [6, 6.07) is 0.214. The molecule has 0 amide bonds. The van der Waals surface area contributed by atoms with Crippen molar-refractivity contribution in [1.29, 1.82) is 0 Å². The third kappa shape index (κ3) is 7.52. The van der Waals surface area contributed by atoms with E-state index in [1.54, 1.807) is 30.1 Å². The van der Waals surface area contributed by atoms with Crippen molar-refractivity contribution < 1.29 is 9.47 Å². The van der Waals surface area contributed by atoms with Gasteiger partial charge < -0.3 is 20.1 Å². The zero-order valence-corrected chi connectivity index (χ0v) is 15.4. The number of hydrogen-bond acceptors (Lipinski definition) is 6. The Bertz CT molecular complexity index is 450. The number of thiazole rings is 1. The average molecular weight is 359 g/mol. The fourth-order valence-corrected chi connectivity index (χ4v) is 3.76. The molecule has 130 valence electrons. The van der Waals surface area contributed by atoms with Crippen LogP contribution in [-0.4, -0.2) is 62.3 Å². The number of rotatable bonds is 9. The first kappa shape index (κ1) is 18.5. The van der Waals surface area contributed by atoms with Gasteiger partial charge in [0, 0.05) is 43.6 Å². The second-order valence-electron chi connectivity index (χ2n) is 5.36. The molecule has 1 saturated heterocycles. The molecule has 0 spiro atoms. The van der Waals surface area contributed by atoms with E-state index in [0.29, 0.717) is 6.61 Å². The number of guanidine groups is 1. The van der Waals surface area contributed by atoms with Gasteiger partial charge in [-0.15, -0.1) is 11.3 Å². The molecular formula is C15H26N4O2S2. The second kappa shape index (κ2) is 10.9. The monoisotopic (exact) mass is 358 g/mol. The fourth-order valence-electron chi connectivity index (χ4n) is 2.11. The molecule has 23 heavy (non-hydrogen) atoms. The highest BCUT2D eigenvalue weighted by Crippen LogP contribution is 2.20. The number of hydrogen-bond donors (Lipinski definition) is 2.